The Labute approximate surface area is 200 Å². The Morgan fingerprint density at radius 3 is 2.36 bits per heavy atom. The van der Waals surface area contributed by atoms with Crippen molar-refractivity contribution in [3.63, 3.8) is 0 Å². The van der Waals surface area contributed by atoms with Gasteiger partial charge in [0.2, 0.25) is 0 Å². The molecule has 1 aromatic heterocycles. The van der Waals surface area contributed by atoms with Crippen molar-refractivity contribution < 1.29 is 35.9 Å². The lowest BCUT2D eigenvalue weighted by molar-refractivity contribution is -0.189. The standard InChI is InChI=1S/C23H20F6N4O3/c1-3-32-20(12-7-8-12)31-33(22(32)35)17-10-18(36-11(2)23(27,28)29)13(9-16(17)26)21(34)30-19-14(24)5-4-6-15(19)25/h4-6,9-12H,3,7-8H2,1-2H3,(H,30,34). The number of alkyl halides is 3. The molecule has 1 amide bonds. The number of nitrogens with one attached hydrogen (secondary N) is 1. The van der Waals surface area contributed by atoms with Gasteiger partial charge in [-0.1, -0.05) is 6.07 Å². The monoisotopic (exact) mass is 514 g/mol. The van der Waals surface area contributed by atoms with Gasteiger partial charge in [0, 0.05) is 18.5 Å². The van der Waals surface area contributed by atoms with E-state index in [0.717, 1.165) is 37.1 Å². The molecule has 0 bridgehead atoms. The largest absolute Gasteiger partial charge is 0.480 e. The van der Waals surface area contributed by atoms with Gasteiger partial charge in [-0.15, -0.1) is 5.10 Å². The number of nitrogens with zero attached hydrogens (tertiary/aromatic N) is 3. The number of aromatic nitrogens is 3. The Bertz CT molecular complexity index is 1360. The number of hydrogen-bond donors (Lipinski definition) is 1. The maximum atomic E-state index is 15.2. The Kier molecular flexibility index (Phi) is 6.58. The molecule has 1 aliphatic rings. The normalized spacial score (nSPS) is 14.6. The van der Waals surface area contributed by atoms with Crippen LogP contribution < -0.4 is 15.7 Å². The molecule has 4 rings (SSSR count). The lowest BCUT2D eigenvalue weighted by Gasteiger charge is -2.20. The second-order valence-corrected chi connectivity index (χ2v) is 8.22. The zero-order chi connectivity index (χ0) is 26.4. The van der Waals surface area contributed by atoms with E-state index in [9.17, 15) is 31.5 Å². The zero-order valence-corrected chi connectivity index (χ0v) is 19.0. The molecule has 1 atom stereocenters. The fourth-order valence-electron chi connectivity index (χ4n) is 3.54. The first-order valence-electron chi connectivity index (χ1n) is 10.9. The number of hydrogen-bond acceptors (Lipinski definition) is 4. The van der Waals surface area contributed by atoms with Gasteiger partial charge in [0.05, 0.1) is 5.56 Å². The van der Waals surface area contributed by atoms with Gasteiger partial charge in [-0.3, -0.25) is 9.36 Å². The lowest BCUT2D eigenvalue weighted by atomic mass is 10.1. The van der Waals surface area contributed by atoms with Gasteiger partial charge in [-0.2, -0.15) is 17.9 Å². The number of halogens is 6. The van der Waals surface area contributed by atoms with Gasteiger partial charge in [0.1, 0.15) is 40.4 Å². The number of amides is 1. The summed E-state index contributed by atoms with van der Waals surface area (Å²) in [5.41, 5.74) is -2.93. The summed E-state index contributed by atoms with van der Waals surface area (Å²) in [6, 6.07) is 3.99. The van der Waals surface area contributed by atoms with Crippen LogP contribution in [-0.2, 0) is 6.54 Å². The minimum absolute atomic E-state index is 0.00338. The molecule has 2 aromatic carbocycles. The summed E-state index contributed by atoms with van der Waals surface area (Å²) in [6.07, 6.45) is -5.75. The van der Waals surface area contributed by atoms with Gasteiger partial charge in [0.15, 0.2) is 6.10 Å². The lowest BCUT2D eigenvalue weighted by Crippen LogP contribution is -2.32. The van der Waals surface area contributed by atoms with Crippen LogP contribution in [0.1, 0.15) is 48.8 Å². The molecular weight excluding hydrogens is 494 g/mol. The third kappa shape index (κ3) is 4.82. The quantitative estimate of drug-likeness (QED) is 0.454. The molecule has 36 heavy (non-hydrogen) atoms. The molecule has 7 nitrogen and oxygen atoms in total. The summed E-state index contributed by atoms with van der Waals surface area (Å²) >= 11 is 0. The van der Waals surface area contributed by atoms with Crippen LogP contribution in [0.5, 0.6) is 5.75 Å². The second-order valence-electron chi connectivity index (χ2n) is 8.22. The third-order valence-corrected chi connectivity index (χ3v) is 5.64. The average molecular weight is 514 g/mol. The molecule has 0 spiro atoms. The SMILES string of the molecule is CCn1c(C2CC2)nn(-c2cc(OC(C)C(F)(F)F)c(C(=O)Nc3c(F)cccc3F)cc2F)c1=O. The number of carbonyl (C=O) groups excluding carboxylic acids is 1. The highest BCUT2D eigenvalue weighted by Gasteiger charge is 2.39. The van der Waals surface area contributed by atoms with E-state index in [1.165, 1.54) is 4.57 Å². The van der Waals surface area contributed by atoms with Crippen molar-refractivity contribution in [2.24, 2.45) is 0 Å². The van der Waals surface area contributed by atoms with E-state index in [0.29, 0.717) is 23.5 Å². The maximum absolute atomic E-state index is 15.2. The number of ether oxygens (including phenoxy) is 1. The van der Waals surface area contributed by atoms with Crippen molar-refractivity contribution in [2.75, 3.05) is 5.32 Å². The molecular formula is C23H20F6N4O3. The van der Waals surface area contributed by atoms with Crippen LogP contribution in [0, 0.1) is 17.5 Å². The van der Waals surface area contributed by atoms with E-state index < -0.39 is 64.0 Å². The number of benzene rings is 2. The van der Waals surface area contributed by atoms with Crippen LogP contribution in [0.4, 0.5) is 32.0 Å². The fraction of sp³-hybridized carbons (Fsp3) is 0.348. The maximum Gasteiger partial charge on any atom is 0.425 e. The van der Waals surface area contributed by atoms with Crippen LogP contribution in [0.25, 0.3) is 5.69 Å². The summed E-state index contributed by atoms with van der Waals surface area (Å²) in [5, 5.41) is 6.04. The van der Waals surface area contributed by atoms with Crippen LogP contribution in [0.2, 0.25) is 0 Å². The number of rotatable bonds is 7. The van der Waals surface area contributed by atoms with E-state index >= 15 is 4.39 Å². The van der Waals surface area contributed by atoms with Crippen molar-refractivity contribution >= 4 is 11.6 Å². The molecule has 1 heterocycles. The average Bonchev–Trinajstić information content (AvgIpc) is 3.59. The molecule has 3 aromatic rings. The van der Waals surface area contributed by atoms with Gasteiger partial charge in [-0.25, -0.2) is 18.0 Å². The number of carbonyl (C=O) groups is 1. The first kappa shape index (κ1) is 25.3. The van der Waals surface area contributed by atoms with Crippen LogP contribution in [-0.4, -0.2) is 32.5 Å². The van der Waals surface area contributed by atoms with Gasteiger partial charge >= 0.3 is 11.9 Å². The predicted molar refractivity (Wildman–Crippen MR) is 116 cm³/mol. The van der Waals surface area contributed by atoms with E-state index in [-0.39, 0.29) is 12.5 Å². The van der Waals surface area contributed by atoms with Crippen molar-refractivity contribution in [2.45, 2.75) is 51.4 Å². The Morgan fingerprint density at radius 2 is 1.81 bits per heavy atom. The van der Waals surface area contributed by atoms with Crippen LogP contribution in [0.15, 0.2) is 35.1 Å². The molecule has 192 valence electrons. The summed E-state index contributed by atoms with van der Waals surface area (Å²) in [6.45, 7) is 2.57. The van der Waals surface area contributed by atoms with Gasteiger partial charge in [-0.05, 0) is 44.9 Å². The molecule has 0 saturated heterocycles. The number of anilines is 1. The van der Waals surface area contributed by atoms with Crippen molar-refractivity contribution in [1.29, 1.82) is 0 Å². The first-order chi connectivity index (χ1) is 16.9. The summed E-state index contributed by atoms with van der Waals surface area (Å²) in [7, 11) is 0. The molecule has 13 heteroatoms. The van der Waals surface area contributed by atoms with Gasteiger partial charge in [0.25, 0.3) is 5.91 Å². The molecule has 0 aliphatic heterocycles. The predicted octanol–water partition coefficient (Wildman–Crippen LogP) is 4.93. The Balaban J connectivity index is 1.82. The topological polar surface area (TPSA) is 78.2 Å². The number of para-hydroxylation sites is 1. The Hall–Kier alpha value is -3.77. The van der Waals surface area contributed by atoms with Crippen molar-refractivity contribution in [3.05, 3.63) is 69.7 Å². The molecule has 1 aliphatic carbocycles. The van der Waals surface area contributed by atoms with E-state index in [1.54, 1.807) is 6.92 Å². The van der Waals surface area contributed by atoms with Gasteiger partial charge < -0.3 is 10.1 Å². The van der Waals surface area contributed by atoms with E-state index in [1.807, 2.05) is 5.32 Å². The first-order valence-corrected chi connectivity index (χ1v) is 10.9. The smallest absolute Gasteiger partial charge is 0.425 e. The second kappa shape index (κ2) is 9.36. The summed E-state index contributed by atoms with van der Waals surface area (Å²) < 4.78 is 89.7. The highest BCUT2D eigenvalue weighted by atomic mass is 19.4. The zero-order valence-electron chi connectivity index (χ0n) is 19.0. The fourth-order valence-corrected chi connectivity index (χ4v) is 3.54. The molecule has 1 fully saturated rings. The highest BCUT2D eigenvalue weighted by molar-refractivity contribution is 6.06. The highest BCUT2D eigenvalue weighted by Crippen LogP contribution is 2.39. The molecule has 1 saturated carbocycles. The minimum Gasteiger partial charge on any atom is -0.480 e. The van der Waals surface area contributed by atoms with Crippen molar-refractivity contribution in [1.82, 2.24) is 14.3 Å². The minimum atomic E-state index is -4.86. The van der Waals surface area contributed by atoms with E-state index in [2.05, 4.69) is 5.10 Å². The van der Waals surface area contributed by atoms with Crippen molar-refractivity contribution in [3.8, 4) is 11.4 Å². The van der Waals surface area contributed by atoms with E-state index in [4.69, 9.17) is 4.74 Å². The molecule has 1 N–H and O–H groups in total. The third-order valence-electron chi connectivity index (χ3n) is 5.64. The summed E-state index contributed by atoms with van der Waals surface area (Å²) in [5.74, 6) is -5.19. The van der Waals surface area contributed by atoms with Crippen LogP contribution >= 0.6 is 0 Å². The molecule has 0 radical (unpaired) electrons. The Morgan fingerprint density at radius 1 is 1.17 bits per heavy atom. The van der Waals surface area contributed by atoms with Crippen LogP contribution in [0.3, 0.4) is 0 Å². The summed E-state index contributed by atoms with van der Waals surface area (Å²) in [4.78, 5) is 25.6. The molecule has 1 unspecified atom stereocenters.